The van der Waals surface area contributed by atoms with Crippen LogP contribution in [0.3, 0.4) is 0 Å². The van der Waals surface area contributed by atoms with Gasteiger partial charge in [-0.05, 0) is 24.4 Å². The highest BCUT2D eigenvalue weighted by Gasteiger charge is 2.17. The molecular weight excluding hydrogens is 217 g/mol. The van der Waals surface area contributed by atoms with Gasteiger partial charge in [-0.15, -0.1) is 3.89 Å². The number of benzene rings is 1. The summed E-state index contributed by atoms with van der Waals surface area (Å²) in [7, 11) is -4.44. The van der Waals surface area contributed by atoms with Crippen molar-refractivity contribution < 1.29 is 12.3 Å². The van der Waals surface area contributed by atoms with Crippen LogP contribution in [-0.4, -0.2) is 20.7 Å². The molecular formula is C10H14FNO2S. The van der Waals surface area contributed by atoms with E-state index in [1.165, 1.54) is 0 Å². The molecule has 0 heterocycles. The van der Waals surface area contributed by atoms with Crippen LogP contribution in [0.1, 0.15) is 5.56 Å². The molecule has 5 heteroatoms. The first-order chi connectivity index (χ1) is 7.01. The van der Waals surface area contributed by atoms with Crippen LogP contribution in [0.25, 0.3) is 0 Å². The molecule has 1 aromatic carbocycles. The quantitative estimate of drug-likeness (QED) is 0.772. The van der Waals surface area contributed by atoms with E-state index in [4.69, 9.17) is 5.73 Å². The van der Waals surface area contributed by atoms with Gasteiger partial charge in [-0.3, -0.25) is 0 Å². The molecule has 0 bridgehead atoms. The van der Waals surface area contributed by atoms with Crippen molar-refractivity contribution in [2.24, 2.45) is 11.7 Å². The van der Waals surface area contributed by atoms with Gasteiger partial charge in [0.15, 0.2) is 0 Å². The van der Waals surface area contributed by atoms with Crippen LogP contribution in [0, 0.1) is 5.92 Å². The molecule has 0 aliphatic rings. The Morgan fingerprint density at radius 3 is 2.33 bits per heavy atom. The van der Waals surface area contributed by atoms with E-state index in [-0.39, 0.29) is 12.5 Å². The minimum atomic E-state index is -4.44. The van der Waals surface area contributed by atoms with Gasteiger partial charge in [0.2, 0.25) is 0 Å². The molecule has 0 spiro atoms. The molecule has 0 aliphatic heterocycles. The van der Waals surface area contributed by atoms with Crippen LogP contribution in [0.2, 0.25) is 0 Å². The molecule has 84 valence electrons. The SMILES string of the molecule is NCC(Cc1ccccc1)CS(=O)(=O)F. The fourth-order valence-electron chi connectivity index (χ4n) is 1.44. The van der Waals surface area contributed by atoms with Gasteiger partial charge in [-0.1, -0.05) is 30.3 Å². The lowest BCUT2D eigenvalue weighted by Crippen LogP contribution is -2.23. The first kappa shape index (κ1) is 12.1. The van der Waals surface area contributed by atoms with Crippen molar-refractivity contribution in [3.05, 3.63) is 35.9 Å². The summed E-state index contributed by atoms with van der Waals surface area (Å²) >= 11 is 0. The Labute approximate surface area is 89.3 Å². The van der Waals surface area contributed by atoms with E-state index in [9.17, 15) is 12.3 Å². The van der Waals surface area contributed by atoms with Gasteiger partial charge < -0.3 is 5.73 Å². The van der Waals surface area contributed by atoms with Crippen LogP contribution in [0.15, 0.2) is 30.3 Å². The molecule has 0 aliphatic carbocycles. The maximum atomic E-state index is 12.4. The van der Waals surface area contributed by atoms with Gasteiger partial charge in [-0.25, -0.2) is 0 Å². The monoisotopic (exact) mass is 231 g/mol. The fourth-order valence-corrected chi connectivity index (χ4v) is 2.26. The summed E-state index contributed by atoms with van der Waals surface area (Å²) in [6.45, 7) is 0.165. The Morgan fingerprint density at radius 2 is 1.87 bits per heavy atom. The summed E-state index contributed by atoms with van der Waals surface area (Å²) in [5.41, 5.74) is 6.37. The first-order valence-electron chi connectivity index (χ1n) is 4.67. The molecule has 15 heavy (non-hydrogen) atoms. The van der Waals surface area contributed by atoms with Crippen LogP contribution in [-0.2, 0) is 16.6 Å². The second-order valence-corrected chi connectivity index (χ2v) is 4.91. The summed E-state index contributed by atoms with van der Waals surface area (Å²) in [5.74, 6) is -0.860. The number of hydrogen-bond donors (Lipinski definition) is 1. The average molecular weight is 231 g/mol. The zero-order chi connectivity index (χ0) is 11.3. The van der Waals surface area contributed by atoms with Gasteiger partial charge >= 0.3 is 10.2 Å². The highest BCUT2D eigenvalue weighted by Crippen LogP contribution is 2.10. The van der Waals surface area contributed by atoms with Crippen molar-refractivity contribution in [1.29, 1.82) is 0 Å². The third-order valence-electron chi connectivity index (χ3n) is 2.14. The van der Waals surface area contributed by atoms with Gasteiger partial charge in [0.05, 0.1) is 5.75 Å². The van der Waals surface area contributed by atoms with Gasteiger partial charge in [0.1, 0.15) is 0 Å². The van der Waals surface area contributed by atoms with Crippen molar-refractivity contribution in [2.45, 2.75) is 6.42 Å². The van der Waals surface area contributed by atoms with Crippen LogP contribution >= 0.6 is 0 Å². The maximum Gasteiger partial charge on any atom is 0.302 e. The molecule has 0 aromatic heterocycles. The van der Waals surface area contributed by atoms with Gasteiger partial charge in [-0.2, -0.15) is 8.42 Å². The minimum absolute atomic E-state index is 0.165. The molecule has 0 saturated carbocycles. The zero-order valence-electron chi connectivity index (χ0n) is 8.27. The molecule has 2 N–H and O–H groups in total. The lowest BCUT2D eigenvalue weighted by atomic mass is 10.0. The Bertz CT molecular complexity index is 391. The Hall–Kier alpha value is -0.940. The van der Waals surface area contributed by atoms with Crippen molar-refractivity contribution in [3.63, 3.8) is 0 Å². The van der Waals surface area contributed by atoms with Crippen LogP contribution < -0.4 is 5.73 Å². The summed E-state index contributed by atoms with van der Waals surface area (Å²) in [5, 5.41) is 0. The minimum Gasteiger partial charge on any atom is -0.330 e. The molecule has 0 radical (unpaired) electrons. The van der Waals surface area contributed by atoms with Crippen molar-refractivity contribution >= 4 is 10.2 Å². The summed E-state index contributed by atoms with van der Waals surface area (Å²) in [6, 6.07) is 9.31. The maximum absolute atomic E-state index is 12.4. The largest absolute Gasteiger partial charge is 0.330 e. The third-order valence-corrected chi connectivity index (χ3v) is 3.00. The highest BCUT2D eigenvalue weighted by atomic mass is 32.3. The van der Waals surface area contributed by atoms with Gasteiger partial charge in [0, 0.05) is 0 Å². The van der Waals surface area contributed by atoms with Crippen molar-refractivity contribution in [2.75, 3.05) is 12.3 Å². The van der Waals surface area contributed by atoms with Crippen molar-refractivity contribution in [3.8, 4) is 0 Å². The number of halogens is 1. The smallest absolute Gasteiger partial charge is 0.302 e. The topological polar surface area (TPSA) is 60.2 Å². The Balaban J connectivity index is 2.63. The fraction of sp³-hybridized carbons (Fsp3) is 0.400. The first-order valence-corrected chi connectivity index (χ1v) is 6.23. The lowest BCUT2D eigenvalue weighted by Gasteiger charge is -2.11. The standard InChI is InChI=1S/C10H14FNO2S/c11-15(13,14)8-10(7-12)6-9-4-2-1-3-5-9/h1-5,10H,6-8,12H2. The van der Waals surface area contributed by atoms with Crippen LogP contribution in [0.4, 0.5) is 3.89 Å². The molecule has 0 saturated heterocycles. The average Bonchev–Trinajstić information content (AvgIpc) is 2.16. The van der Waals surface area contributed by atoms with Gasteiger partial charge in [0.25, 0.3) is 0 Å². The Morgan fingerprint density at radius 1 is 1.27 bits per heavy atom. The normalized spacial score (nSPS) is 13.7. The summed E-state index contributed by atoms with van der Waals surface area (Å²) in [4.78, 5) is 0. The summed E-state index contributed by atoms with van der Waals surface area (Å²) in [6.07, 6.45) is 0.487. The number of hydrogen-bond acceptors (Lipinski definition) is 3. The van der Waals surface area contributed by atoms with Crippen molar-refractivity contribution in [1.82, 2.24) is 0 Å². The van der Waals surface area contributed by atoms with Crippen LogP contribution in [0.5, 0.6) is 0 Å². The molecule has 1 unspecified atom stereocenters. The lowest BCUT2D eigenvalue weighted by molar-refractivity contribution is 0.519. The third kappa shape index (κ3) is 4.90. The predicted molar refractivity (Wildman–Crippen MR) is 57.6 cm³/mol. The molecule has 3 nitrogen and oxygen atoms in total. The van der Waals surface area contributed by atoms with E-state index < -0.39 is 16.0 Å². The molecule has 0 amide bonds. The second kappa shape index (κ2) is 5.23. The zero-order valence-corrected chi connectivity index (χ0v) is 9.08. The molecule has 1 atom stereocenters. The molecule has 1 aromatic rings. The number of rotatable bonds is 5. The van der Waals surface area contributed by atoms with E-state index in [0.29, 0.717) is 6.42 Å². The van der Waals surface area contributed by atoms with E-state index in [0.717, 1.165) is 5.56 Å². The second-order valence-electron chi connectivity index (χ2n) is 3.50. The molecule has 0 fully saturated rings. The highest BCUT2D eigenvalue weighted by molar-refractivity contribution is 7.86. The molecule has 1 rings (SSSR count). The van der Waals surface area contributed by atoms with E-state index in [2.05, 4.69) is 0 Å². The van der Waals surface area contributed by atoms with E-state index in [1.54, 1.807) is 0 Å². The Kier molecular flexibility index (Phi) is 4.23. The summed E-state index contributed by atoms with van der Waals surface area (Å²) < 4.78 is 33.4. The predicted octanol–water partition coefficient (Wildman–Crippen LogP) is 1.10. The van der Waals surface area contributed by atoms with E-state index in [1.807, 2.05) is 30.3 Å². The number of nitrogens with two attached hydrogens (primary N) is 1. The van der Waals surface area contributed by atoms with E-state index >= 15 is 0 Å².